The number of quaternary nitrogens is 1. The molecule has 0 atom stereocenters. The van der Waals surface area contributed by atoms with Crippen LogP contribution in [0.5, 0.6) is 5.75 Å². The zero-order valence-electron chi connectivity index (χ0n) is 17.4. The molecule has 0 aromatic heterocycles. The second-order valence-corrected chi connectivity index (χ2v) is 7.54. The van der Waals surface area contributed by atoms with Gasteiger partial charge in [0.1, 0.15) is 6.54 Å². The number of anilines is 1. The summed E-state index contributed by atoms with van der Waals surface area (Å²) in [6.45, 7) is 3.14. The van der Waals surface area contributed by atoms with Crippen molar-refractivity contribution in [2.75, 3.05) is 52.3 Å². The molecule has 9 heteroatoms. The van der Waals surface area contributed by atoms with Gasteiger partial charge in [-0.15, -0.1) is 0 Å². The standard InChI is InChI=1S/C21H25FN4O4/c1-23(2)19-6-5-16(26(28)29)13-17(19)21(27)25-10-8-24(9-11-25)14-15-4-7-20(30-3)18(22)12-15/h4-7,12-13H,8-11,14H2,1-3H3/p+1. The van der Waals surface area contributed by atoms with Crippen LogP contribution >= 0.6 is 0 Å². The van der Waals surface area contributed by atoms with E-state index in [2.05, 4.69) is 0 Å². The number of benzene rings is 2. The molecule has 1 fully saturated rings. The van der Waals surface area contributed by atoms with Crippen molar-refractivity contribution < 1.29 is 23.7 Å². The SMILES string of the molecule is COc1ccc(C[NH+]2CCN(C(=O)c3cc([N+](=O)[O-])ccc3N(C)C)CC2)cc1F. The van der Waals surface area contributed by atoms with Crippen LogP contribution in [0.3, 0.4) is 0 Å². The summed E-state index contributed by atoms with van der Waals surface area (Å²) in [5.74, 6) is -0.375. The Morgan fingerprint density at radius 2 is 1.93 bits per heavy atom. The average Bonchev–Trinajstić information content (AvgIpc) is 2.73. The van der Waals surface area contributed by atoms with Crippen molar-refractivity contribution in [3.8, 4) is 5.75 Å². The van der Waals surface area contributed by atoms with Gasteiger partial charge in [0.2, 0.25) is 0 Å². The summed E-state index contributed by atoms with van der Waals surface area (Å²) >= 11 is 0. The van der Waals surface area contributed by atoms with Crippen molar-refractivity contribution in [1.29, 1.82) is 0 Å². The van der Waals surface area contributed by atoms with Crippen LogP contribution in [0.4, 0.5) is 15.8 Å². The lowest BCUT2D eigenvalue weighted by Gasteiger charge is -2.33. The summed E-state index contributed by atoms with van der Waals surface area (Å²) in [5.41, 5.74) is 1.75. The molecule has 1 aliphatic heterocycles. The molecule has 0 radical (unpaired) electrons. The summed E-state index contributed by atoms with van der Waals surface area (Å²) in [4.78, 5) is 28.5. The summed E-state index contributed by atoms with van der Waals surface area (Å²) in [6.07, 6.45) is 0. The summed E-state index contributed by atoms with van der Waals surface area (Å²) in [6, 6.07) is 9.30. The van der Waals surface area contributed by atoms with Crippen LogP contribution in [-0.4, -0.2) is 63.1 Å². The lowest BCUT2D eigenvalue weighted by molar-refractivity contribution is -0.917. The molecule has 0 saturated carbocycles. The first-order valence-electron chi connectivity index (χ1n) is 9.71. The molecule has 1 N–H and O–H groups in total. The Kier molecular flexibility index (Phi) is 6.51. The number of hydrogen-bond donors (Lipinski definition) is 1. The van der Waals surface area contributed by atoms with Gasteiger partial charge in [0, 0.05) is 37.5 Å². The number of methoxy groups -OCH3 is 1. The van der Waals surface area contributed by atoms with Crippen molar-refractivity contribution in [1.82, 2.24) is 4.90 Å². The zero-order valence-corrected chi connectivity index (χ0v) is 17.4. The van der Waals surface area contributed by atoms with Crippen molar-refractivity contribution in [3.05, 3.63) is 63.5 Å². The zero-order chi connectivity index (χ0) is 21.8. The van der Waals surface area contributed by atoms with Crippen LogP contribution in [0.1, 0.15) is 15.9 Å². The molecule has 0 aliphatic carbocycles. The second kappa shape index (κ2) is 9.08. The topological polar surface area (TPSA) is 80.4 Å². The smallest absolute Gasteiger partial charge is 0.270 e. The van der Waals surface area contributed by atoms with Gasteiger partial charge in [-0.3, -0.25) is 14.9 Å². The maximum absolute atomic E-state index is 13.9. The van der Waals surface area contributed by atoms with Gasteiger partial charge in [0.25, 0.3) is 11.6 Å². The van der Waals surface area contributed by atoms with Gasteiger partial charge >= 0.3 is 0 Å². The molecule has 0 spiro atoms. The van der Waals surface area contributed by atoms with E-state index in [0.29, 0.717) is 44.0 Å². The maximum atomic E-state index is 13.9. The van der Waals surface area contributed by atoms with Crippen molar-refractivity contribution >= 4 is 17.3 Å². The highest BCUT2D eigenvalue weighted by atomic mass is 19.1. The fourth-order valence-corrected chi connectivity index (χ4v) is 3.68. The molecule has 1 aliphatic rings. The first-order chi connectivity index (χ1) is 14.3. The number of nitro benzene ring substituents is 1. The first kappa shape index (κ1) is 21.5. The largest absolute Gasteiger partial charge is 0.494 e. The number of non-ortho nitro benzene ring substituents is 1. The van der Waals surface area contributed by atoms with E-state index in [1.54, 1.807) is 36.0 Å². The third kappa shape index (κ3) is 4.68. The fourth-order valence-electron chi connectivity index (χ4n) is 3.68. The number of rotatable bonds is 6. The maximum Gasteiger partial charge on any atom is 0.270 e. The quantitative estimate of drug-likeness (QED) is 0.567. The summed E-state index contributed by atoms with van der Waals surface area (Å²) in [7, 11) is 5.03. The van der Waals surface area contributed by atoms with Crippen molar-refractivity contribution in [2.24, 2.45) is 0 Å². The third-order valence-corrected chi connectivity index (χ3v) is 5.33. The number of ether oxygens (including phenoxy) is 1. The Balaban J connectivity index is 1.67. The predicted octanol–water partition coefficient (Wildman–Crippen LogP) is 1.35. The van der Waals surface area contributed by atoms with Crippen LogP contribution in [0.2, 0.25) is 0 Å². The van der Waals surface area contributed by atoms with Crippen molar-refractivity contribution in [2.45, 2.75) is 6.54 Å². The number of nitrogens with one attached hydrogen (secondary N) is 1. The number of nitrogens with zero attached hydrogens (tertiary/aromatic N) is 3. The molecule has 3 rings (SSSR count). The molecular weight excluding hydrogens is 391 g/mol. The minimum atomic E-state index is -0.494. The van der Waals surface area contributed by atoms with Crippen LogP contribution in [-0.2, 0) is 6.54 Å². The van der Waals surface area contributed by atoms with E-state index in [0.717, 1.165) is 5.56 Å². The molecular formula is C21H26FN4O4+. The van der Waals surface area contributed by atoms with Crippen molar-refractivity contribution in [3.63, 3.8) is 0 Å². The van der Waals surface area contributed by atoms with E-state index in [9.17, 15) is 19.3 Å². The number of piperazine rings is 1. The van der Waals surface area contributed by atoms with Gasteiger partial charge in [-0.25, -0.2) is 4.39 Å². The molecule has 30 heavy (non-hydrogen) atoms. The molecule has 0 bridgehead atoms. The highest BCUT2D eigenvalue weighted by Crippen LogP contribution is 2.25. The number of halogens is 1. The Labute approximate surface area is 174 Å². The number of carbonyl (C=O) groups excluding carboxylic acids is 1. The Morgan fingerprint density at radius 3 is 2.50 bits per heavy atom. The highest BCUT2D eigenvalue weighted by molar-refractivity contribution is 6.00. The number of hydrogen-bond acceptors (Lipinski definition) is 5. The van der Waals surface area contributed by atoms with Gasteiger partial charge in [0.15, 0.2) is 11.6 Å². The number of carbonyl (C=O) groups is 1. The predicted molar refractivity (Wildman–Crippen MR) is 111 cm³/mol. The molecule has 1 saturated heterocycles. The molecule has 1 heterocycles. The molecule has 160 valence electrons. The molecule has 0 unspecified atom stereocenters. The molecule has 8 nitrogen and oxygen atoms in total. The lowest BCUT2D eigenvalue weighted by Crippen LogP contribution is -3.13. The highest BCUT2D eigenvalue weighted by Gasteiger charge is 2.28. The monoisotopic (exact) mass is 417 g/mol. The minimum absolute atomic E-state index is 0.102. The number of nitro groups is 1. The third-order valence-electron chi connectivity index (χ3n) is 5.33. The Morgan fingerprint density at radius 1 is 1.23 bits per heavy atom. The Hall–Kier alpha value is -3.20. The first-order valence-corrected chi connectivity index (χ1v) is 9.71. The average molecular weight is 417 g/mol. The molecule has 2 aromatic rings. The normalized spacial score (nSPS) is 14.5. The van der Waals surface area contributed by atoms with Gasteiger partial charge in [-0.1, -0.05) is 0 Å². The van der Waals surface area contributed by atoms with E-state index in [1.807, 2.05) is 6.07 Å². The lowest BCUT2D eigenvalue weighted by atomic mass is 10.1. The summed E-state index contributed by atoms with van der Waals surface area (Å²) < 4.78 is 18.9. The van der Waals surface area contributed by atoms with E-state index in [4.69, 9.17) is 4.74 Å². The van der Waals surface area contributed by atoms with Crippen LogP contribution < -0.4 is 14.5 Å². The van der Waals surface area contributed by atoms with Gasteiger partial charge in [0.05, 0.1) is 43.8 Å². The van der Waals surface area contributed by atoms with E-state index >= 15 is 0 Å². The fraction of sp³-hybridized carbons (Fsp3) is 0.381. The second-order valence-electron chi connectivity index (χ2n) is 7.54. The number of amides is 1. The van der Waals surface area contributed by atoms with Gasteiger partial charge in [-0.2, -0.15) is 0 Å². The van der Waals surface area contributed by atoms with Gasteiger partial charge < -0.3 is 19.4 Å². The molecule has 2 aromatic carbocycles. The van der Waals surface area contributed by atoms with E-state index in [-0.39, 0.29) is 23.2 Å². The van der Waals surface area contributed by atoms with E-state index < -0.39 is 4.92 Å². The van der Waals surface area contributed by atoms with Crippen LogP contribution in [0, 0.1) is 15.9 Å². The van der Waals surface area contributed by atoms with Gasteiger partial charge in [-0.05, 0) is 24.3 Å². The van der Waals surface area contributed by atoms with E-state index in [1.165, 1.54) is 30.2 Å². The molecule has 1 amide bonds. The van der Waals surface area contributed by atoms with Crippen LogP contribution in [0.25, 0.3) is 0 Å². The summed E-state index contributed by atoms with van der Waals surface area (Å²) in [5, 5.41) is 11.1. The van der Waals surface area contributed by atoms with Crippen LogP contribution in [0.15, 0.2) is 36.4 Å². The minimum Gasteiger partial charge on any atom is -0.494 e. The Bertz CT molecular complexity index is 943.